The molecule has 2 rings (SSSR count). The van der Waals surface area contributed by atoms with Crippen molar-refractivity contribution in [1.29, 1.82) is 0 Å². The van der Waals surface area contributed by atoms with E-state index in [0.717, 1.165) is 0 Å². The molecular weight excluding hydrogens is 202 g/mol. The van der Waals surface area contributed by atoms with E-state index < -0.39 is 0 Å². The highest BCUT2D eigenvalue weighted by molar-refractivity contribution is 7.17. The molecular formula is C13H17NS. The minimum Gasteiger partial charge on any atom is -0.382 e. The third-order valence-electron chi connectivity index (χ3n) is 2.81. The molecule has 0 fully saturated rings. The summed E-state index contributed by atoms with van der Waals surface area (Å²) in [5.41, 5.74) is 1.25. The van der Waals surface area contributed by atoms with Crippen LogP contribution in [0.15, 0.2) is 29.6 Å². The van der Waals surface area contributed by atoms with Crippen molar-refractivity contribution in [3.8, 4) is 0 Å². The van der Waals surface area contributed by atoms with E-state index in [9.17, 15) is 0 Å². The maximum Gasteiger partial charge on any atom is 0.0349 e. The molecule has 0 bridgehead atoms. The van der Waals surface area contributed by atoms with Gasteiger partial charge in [0.2, 0.25) is 0 Å². The maximum absolute atomic E-state index is 3.56. The highest BCUT2D eigenvalue weighted by Crippen LogP contribution is 2.24. The van der Waals surface area contributed by atoms with Crippen LogP contribution in [0.4, 0.5) is 5.69 Å². The van der Waals surface area contributed by atoms with E-state index in [-0.39, 0.29) is 0 Å². The van der Waals surface area contributed by atoms with Crippen molar-refractivity contribution in [2.45, 2.75) is 32.7 Å². The third-order valence-corrected chi connectivity index (χ3v) is 3.71. The Kier molecular flexibility index (Phi) is 3.27. The molecule has 1 aromatic heterocycles. The lowest BCUT2D eigenvalue weighted by Gasteiger charge is -2.16. The van der Waals surface area contributed by atoms with Gasteiger partial charge < -0.3 is 5.32 Å². The maximum atomic E-state index is 3.56. The van der Waals surface area contributed by atoms with Crippen LogP contribution in [0.3, 0.4) is 0 Å². The lowest BCUT2D eigenvalue weighted by molar-refractivity contribution is 0.672. The monoisotopic (exact) mass is 219 g/mol. The van der Waals surface area contributed by atoms with E-state index >= 15 is 0 Å². The highest BCUT2D eigenvalue weighted by atomic mass is 32.1. The number of benzene rings is 1. The molecule has 0 aliphatic heterocycles. The van der Waals surface area contributed by atoms with Crippen molar-refractivity contribution >= 4 is 27.1 Å². The molecule has 0 unspecified atom stereocenters. The zero-order valence-corrected chi connectivity index (χ0v) is 10.1. The number of rotatable bonds is 4. The summed E-state index contributed by atoms with van der Waals surface area (Å²) in [7, 11) is 0. The van der Waals surface area contributed by atoms with Crippen molar-refractivity contribution in [3.05, 3.63) is 29.6 Å². The molecule has 0 amide bonds. The van der Waals surface area contributed by atoms with Gasteiger partial charge in [-0.1, -0.05) is 13.8 Å². The zero-order chi connectivity index (χ0) is 10.7. The quantitative estimate of drug-likeness (QED) is 0.798. The SMILES string of the molecule is CCC(CC)Nc1ccc2sccc2c1. The first-order valence-corrected chi connectivity index (χ1v) is 6.45. The van der Waals surface area contributed by atoms with E-state index in [1.807, 2.05) is 0 Å². The van der Waals surface area contributed by atoms with Gasteiger partial charge in [0, 0.05) is 16.4 Å². The van der Waals surface area contributed by atoms with E-state index in [0.29, 0.717) is 6.04 Å². The van der Waals surface area contributed by atoms with Gasteiger partial charge in [0.15, 0.2) is 0 Å². The van der Waals surface area contributed by atoms with Crippen LogP contribution in [0.5, 0.6) is 0 Å². The van der Waals surface area contributed by atoms with Crippen molar-refractivity contribution < 1.29 is 0 Å². The molecule has 15 heavy (non-hydrogen) atoms. The first-order chi connectivity index (χ1) is 7.33. The Morgan fingerprint density at radius 2 is 2.00 bits per heavy atom. The van der Waals surface area contributed by atoms with Crippen LogP contribution in [-0.2, 0) is 0 Å². The van der Waals surface area contributed by atoms with Crippen LogP contribution in [0.25, 0.3) is 10.1 Å². The molecule has 0 radical (unpaired) electrons. The molecule has 1 aromatic carbocycles. The van der Waals surface area contributed by atoms with E-state index in [1.165, 1.54) is 28.6 Å². The molecule has 0 atom stereocenters. The summed E-state index contributed by atoms with van der Waals surface area (Å²) in [6.07, 6.45) is 2.36. The van der Waals surface area contributed by atoms with Gasteiger partial charge >= 0.3 is 0 Å². The Morgan fingerprint density at radius 3 is 2.73 bits per heavy atom. The molecule has 0 aliphatic carbocycles. The molecule has 1 nitrogen and oxygen atoms in total. The second-order valence-corrected chi connectivity index (χ2v) is 4.78. The lowest BCUT2D eigenvalue weighted by atomic mass is 10.1. The van der Waals surface area contributed by atoms with Crippen LogP contribution < -0.4 is 5.32 Å². The van der Waals surface area contributed by atoms with Gasteiger partial charge in [-0.15, -0.1) is 11.3 Å². The Hall–Kier alpha value is -1.02. The lowest BCUT2D eigenvalue weighted by Crippen LogP contribution is -2.16. The summed E-state index contributed by atoms with van der Waals surface area (Å²) in [5, 5.41) is 7.05. The smallest absolute Gasteiger partial charge is 0.0349 e. The van der Waals surface area contributed by atoms with E-state index in [1.54, 1.807) is 11.3 Å². The first-order valence-electron chi connectivity index (χ1n) is 5.57. The summed E-state index contributed by atoms with van der Waals surface area (Å²) >= 11 is 1.80. The second-order valence-electron chi connectivity index (χ2n) is 3.83. The fourth-order valence-electron chi connectivity index (χ4n) is 1.78. The van der Waals surface area contributed by atoms with Gasteiger partial charge in [-0.2, -0.15) is 0 Å². The predicted octanol–water partition coefficient (Wildman–Crippen LogP) is 4.50. The molecule has 1 N–H and O–H groups in total. The average Bonchev–Trinajstić information content (AvgIpc) is 2.73. The van der Waals surface area contributed by atoms with Crippen LogP contribution >= 0.6 is 11.3 Å². The van der Waals surface area contributed by atoms with Gasteiger partial charge in [-0.3, -0.25) is 0 Å². The van der Waals surface area contributed by atoms with Crippen LogP contribution in [-0.4, -0.2) is 6.04 Å². The summed E-state index contributed by atoms with van der Waals surface area (Å²) in [6, 6.07) is 9.39. The minimum atomic E-state index is 0.598. The fraction of sp³-hybridized carbons (Fsp3) is 0.385. The predicted molar refractivity (Wildman–Crippen MR) is 69.8 cm³/mol. The molecule has 0 aliphatic rings. The Labute approximate surface area is 95.1 Å². The number of fused-ring (bicyclic) bond motifs is 1. The van der Waals surface area contributed by atoms with Crippen LogP contribution in [0.1, 0.15) is 26.7 Å². The summed E-state index contributed by atoms with van der Waals surface area (Å²) < 4.78 is 1.37. The molecule has 1 heterocycles. The standard InChI is InChI=1S/C13H17NS/c1-3-11(4-2)14-12-5-6-13-10(9-12)7-8-15-13/h5-9,11,14H,3-4H2,1-2H3. The zero-order valence-electron chi connectivity index (χ0n) is 9.29. The van der Waals surface area contributed by atoms with Crippen LogP contribution in [0.2, 0.25) is 0 Å². The van der Waals surface area contributed by atoms with Crippen molar-refractivity contribution in [2.75, 3.05) is 5.32 Å². The second kappa shape index (κ2) is 4.67. The molecule has 0 saturated heterocycles. The minimum absolute atomic E-state index is 0.598. The number of anilines is 1. The van der Waals surface area contributed by atoms with Gasteiger partial charge in [-0.05, 0) is 47.9 Å². The number of hydrogen-bond donors (Lipinski definition) is 1. The van der Waals surface area contributed by atoms with Crippen molar-refractivity contribution in [3.63, 3.8) is 0 Å². The summed E-state index contributed by atoms with van der Waals surface area (Å²) in [5.74, 6) is 0. The average molecular weight is 219 g/mol. The van der Waals surface area contributed by atoms with E-state index in [2.05, 4.69) is 48.8 Å². The molecule has 80 valence electrons. The molecule has 2 aromatic rings. The number of nitrogens with one attached hydrogen (secondary N) is 1. The Morgan fingerprint density at radius 1 is 1.20 bits per heavy atom. The van der Waals surface area contributed by atoms with Gasteiger partial charge in [0.25, 0.3) is 0 Å². The third kappa shape index (κ3) is 2.32. The number of thiophene rings is 1. The van der Waals surface area contributed by atoms with Crippen LogP contribution in [0, 0.1) is 0 Å². The van der Waals surface area contributed by atoms with Crippen molar-refractivity contribution in [2.24, 2.45) is 0 Å². The normalized spacial score (nSPS) is 11.1. The molecule has 0 spiro atoms. The molecule has 2 heteroatoms. The topological polar surface area (TPSA) is 12.0 Å². The fourth-order valence-corrected chi connectivity index (χ4v) is 2.56. The van der Waals surface area contributed by atoms with Crippen molar-refractivity contribution in [1.82, 2.24) is 0 Å². The molecule has 0 saturated carbocycles. The Bertz CT molecular complexity index is 429. The summed E-state index contributed by atoms with van der Waals surface area (Å²) in [4.78, 5) is 0. The first kappa shape index (κ1) is 10.5. The van der Waals surface area contributed by atoms with Gasteiger partial charge in [0.05, 0.1) is 0 Å². The van der Waals surface area contributed by atoms with Gasteiger partial charge in [-0.25, -0.2) is 0 Å². The Balaban J connectivity index is 2.20. The highest BCUT2D eigenvalue weighted by Gasteiger charge is 2.03. The van der Waals surface area contributed by atoms with E-state index in [4.69, 9.17) is 0 Å². The summed E-state index contributed by atoms with van der Waals surface area (Å²) in [6.45, 7) is 4.45. The van der Waals surface area contributed by atoms with Gasteiger partial charge in [0.1, 0.15) is 0 Å². The number of hydrogen-bond acceptors (Lipinski definition) is 2. The largest absolute Gasteiger partial charge is 0.382 e.